The average Bonchev–Trinajstić information content (AvgIpc) is 3.10. The lowest BCUT2D eigenvalue weighted by molar-refractivity contribution is -0.120. The van der Waals surface area contributed by atoms with Crippen molar-refractivity contribution in [2.75, 3.05) is 26.2 Å². The number of aromatic nitrogens is 1. The number of hydrogen-bond donors (Lipinski definition) is 2. The molecule has 1 fully saturated rings. The van der Waals surface area contributed by atoms with Crippen molar-refractivity contribution < 1.29 is 14.3 Å². The van der Waals surface area contributed by atoms with Crippen LogP contribution in [0.5, 0.6) is 0 Å². The summed E-state index contributed by atoms with van der Waals surface area (Å²) in [6, 6.07) is 13.6. The Hall–Kier alpha value is -2.60. The monoisotopic (exact) mass is 327 g/mol. The number of aromatic amines is 1. The Morgan fingerprint density at radius 3 is 2.79 bits per heavy atom. The molecule has 3 rings (SSSR count). The molecule has 2 heterocycles. The number of carbonyl (C=O) groups excluding carboxylic acids is 2. The number of nitrogens with zero attached hydrogens (tertiary/aromatic N) is 1. The molecule has 1 aliphatic heterocycles. The Labute approximate surface area is 140 Å². The van der Waals surface area contributed by atoms with Crippen LogP contribution in [0.1, 0.15) is 17.4 Å². The number of nitrogens with one attached hydrogen (secondary N) is 2. The third kappa shape index (κ3) is 3.83. The zero-order valence-electron chi connectivity index (χ0n) is 13.6. The zero-order valence-corrected chi connectivity index (χ0v) is 13.6. The smallest absolute Gasteiger partial charge is 0.270 e. The molecule has 2 amide bonds. The van der Waals surface area contributed by atoms with Gasteiger partial charge < -0.3 is 19.9 Å². The van der Waals surface area contributed by atoms with Crippen molar-refractivity contribution in [1.82, 2.24) is 15.2 Å². The van der Waals surface area contributed by atoms with Crippen molar-refractivity contribution in [2.45, 2.75) is 13.0 Å². The van der Waals surface area contributed by atoms with Gasteiger partial charge in [-0.25, -0.2) is 0 Å². The molecular weight excluding hydrogens is 306 g/mol. The lowest BCUT2D eigenvalue weighted by Gasteiger charge is -2.32. The first-order valence-corrected chi connectivity index (χ1v) is 8.03. The maximum absolute atomic E-state index is 12.7. The Morgan fingerprint density at radius 2 is 2.04 bits per heavy atom. The van der Waals surface area contributed by atoms with Crippen LogP contribution >= 0.6 is 0 Å². The second kappa shape index (κ2) is 7.31. The van der Waals surface area contributed by atoms with Gasteiger partial charge in [0.1, 0.15) is 5.69 Å². The molecule has 126 valence electrons. The second-order valence-electron chi connectivity index (χ2n) is 5.83. The van der Waals surface area contributed by atoms with E-state index in [1.807, 2.05) is 42.5 Å². The Morgan fingerprint density at radius 1 is 1.25 bits per heavy atom. The number of benzene rings is 1. The highest BCUT2D eigenvalue weighted by molar-refractivity contribution is 5.93. The Bertz CT molecular complexity index is 711. The topological polar surface area (TPSA) is 74.4 Å². The van der Waals surface area contributed by atoms with Crippen molar-refractivity contribution in [2.24, 2.45) is 0 Å². The van der Waals surface area contributed by atoms with Crippen LogP contribution in [0.25, 0.3) is 11.3 Å². The fraction of sp³-hybridized carbons (Fsp3) is 0.333. The number of ether oxygens (including phenoxy) is 1. The average molecular weight is 327 g/mol. The summed E-state index contributed by atoms with van der Waals surface area (Å²) < 4.78 is 5.60. The predicted octanol–water partition coefficient (Wildman–Crippen LogP) is 1.66. The van der Waals surface area contributed by atoms with E-state index in [4.69, 9.17) is 4.74 Å². The fourth-order valence-electron chi connectivity index (χ4n) is 2.76. The summed E-state index contributed by atoms with van der Waals surface area (Å²) in [5.41, 5.74) is 2.53. The largest absolute Gasteiger partial charge is 0.373 e. The summed E-state index contributed by atoms with van der Waals surface area (Å²) in [6.45, 7) is 3.38. The molecule has 24 heavy (non-hydrogen) atoms. The van der Waals surface area contributed by atoms with Gasteiger partial charge in [0.25, 0.3) is 5.91 Å². The third-order valence-corrected chi connectivity index (χ3v) is 4.01. The van der Waals surface area contributed by atoms with Crippen LogP contribution < -0.4 is 5.32 Å². The van der Waals surface area contributed by atoms with Crippen molar-refractivity contribution in [3.05, 3.63) is 48.2 Å². The van der Waals surface area contributed by atoms with E-state index >= 15 is 0 Å². The van der Waals surface area contributed by atoms with E-state index in [9.17, 15) is 9.59 Å². The minimum Gasteiger partial charge on any atom is -0.373 e. The Kier molecular flexibility index (Phi) is 4.96. The van der Waals surface area contributed by atoms with Crippen LogP contribution in [0.4, 0.5) is 0 Å². The quantitative estimate of drug-likeness (QED) is 0.897. The van der Waals surface area contributed by atoms with Gasteiger partial charge in [-0.3, -0.25) is 9.59 Å². The van der Waals surface area contributed by atoms with Gasteiger partial charge in [0, 0.05) is 32.3 Å². The number of rotatable bonds is 4. The highest BCUT2D eigenvalue weighted by Gasteiger charge is 2.25. The number of hydrogen-bond acceptors (Lipinski definition) is 3. The molecule has 6 nitrogen and oxygen atoms in total. The van der Waals surface area contributed by atoms with Crippen molar-refractivity contribution in [1.29, 1.82) is 0 Å². The Balaban J connectivity index is 1.66. The van der Waals surface area contributed by atoms with Crippen LogP contribution in [0.2, 0.25) is 0 Å². The maximum Gasteiger partial charge on any atom is 0.270 e. The zero-order chi connectivity index (χ0) is 16.9. The highest BCUT2D eigenvalue weighted by atomic mass is 16.5. The first-order chi connectivity index (χ1) is 11.6. The van der Waals surface area contributed by atoms with Gasteiger partial charge in [-0.2, -0.15) is 0 Å². The minimum atomic E-state index is -0.171. The van der Waals surface area contributed by atoms with Crippen molar-refractivity contribution >= 4 is 11.8 Å². The molecule has 2 aromatic rings. The van der Waals surface area contributed by atoms with Gasteiger partial charge in [0.05, 0.1) is 12.7 Å². The van der Waals surface area contributed by atoms with E-state index in [-0.39, 0.29) is 17.9 Å². The summed E-state index contributed by atoms with van der Waals surface area (Å²) >= 11 is 0. The van der Waals surface area contributed by atoms with Gasteiger partial charge in [0.15, 0.2) is 0 Å². The van der Waals surface area contributed by atoms with Crippen LogP contribution in [-0.2, 0) is 9.53 Å². The third-order valence-electron chi connectivity index (χ3n) is 4.01. The van der Waals surface area contributed by atoms with Crippen LogP contribution in [0.3, 0.4) is 0 Å². The minimum absolute atomic E-state index is 0.0479. The normalized spacial score (nSPS) is 17.5. The van der Waals surface area contributed by atoms with E-state index in [1.165, 1.54) is 6.92 Å². The summed E-state index contributed by atoms with van der Waals surface area (Å²) in [6.07, 6.45) is -0.171. The van der Waals surface area contributed by atoms with E-state index in [0.29, 0.717) is 31.9 Å². The SMILES string of the molecule is CC(=O)NC[C@@H]1CN(C(=O)c2ccc(-c3ccccc3)[nH]2)CCO1. The molecular formula is C18H21N3O3. The lowest BCUT2D eigenvalue weighted by Crippen LogP contribution is -2.49. The summed E-state index contributed by atoms with van der Waals surface area (Å²) in [4.78, 5) is 28.6. The standard InChI is InChI=1S/C18H21N3O3/c1-13(22)19-11-15-12-21(9-10-24-15)18(23)17-8-7-16(20-17)14-5-3-2-4-6-14/h2-8,15,20H,9-12H2,1H3,(H,19,22)/t15-/m1/s1. The second-order valence-corrected chi connectivity index (χ2v) is 5.83. The van der Waals surface area contributed by atoms with Crippen molar-refractivity contribution in [3.63, 3.8) is 0 Å². The summed E-state index contributed by atoms with van der Waals surface area (Å²) in [7, 11) is 0. The molecule has 1 saturated heterocycles. The molecule has 1 aromatic carbocycles. The fourth-order valence-corrected chi connectivity index (χ4v) is 2.76. The van der Waals surface area contributed by atoms with E-state index in [1.54, 1.807) is 4.90 Å². The molecule has 1 aromatic heterocycles. The van der Waals surface area contributed by atoms with Gasteiger partial charge in [-0.05, 0) is 17.7 Å². The predicted molar refractivity (Wildman–Crippen MR) is 90.6 cm³/mol. The summed E-state index contributed by atoms with van der Waals surface area (Å²) in [5, 5.41) is 2.73. The molecule has 0 unspecified atom stereocenters. The van der Waals surface area contributed by atoms with Gasteiger partial charge >= 0.3 is 0 Å². The van der Waals surface area contributed by atoms with Crippen molar-refractivity contribution in [3.8, 4) is 11.3 Å². The molecule has 0 bridgehead atoms. The molecule has 0 aliphatic carbocycles. The van der Waals surface area contributed by atoms with Crippen LogP contribution in [0.15, 0.2) is 42.5 Å². The van der Waals surface area contributed by atoms with Gasteiger partial charge in [0.2, 0.25) is 5.91 Å². The molecule has 0 spiro atoms. The van der Waals surface area contributed by atoms with Gasteiger partial charge in [-0.1, -0.05) is 30.3 Å². The van der Waals surface area contributed by atoms with E-state index in [0.717, 1.165) is 11.3 Å². The first kappa shape index (κ1) is 16.3. The van der Waals surface area contributed by atoms with E-state index < -0.39 is 0 Å². The molecule has 0 radical (unpaired) electrons. The number of amides is 2. The number of morpholine rings is 1. The number of carbonyl (C=O) groups is 2. The van der Waals surface area contributed by atoms with E-state index in [2.05, 4.69) is 10.3 Å². The van der Waals surface area contributed by atoms with Crippen LogP contribution in [0, 0.1) is 0 Å². The molecule has 2 N–H and O–H groups in total. The first-order valence-electron chi connectivity index (χ1n) is 8.03. The molecule has 1 aliphatic rings. The highest BCUT2D eigenvalue weighted by Crippen LogP contribution is 2.19. The number of H-pyrrole nitrogens is 1. The van der Waals surface area contributed by atoms with Crippen LogP contribution in [-0.4, -0.2) is 54.0 Å². The maximum atomic E-state index is 12.7. The molecule has 0 saturated carbocycles. The lowest BCUT2D eigenvalue weighted by atomic mass is 10.2. The van der Waals surface area contributed by atoms with Gasteiger partial charge in [-0.15, -0.1) is 0 Å². The molecule has 1 atom stereocenters. The summed E-state index contributed by atoms with van der Waals surface area (Å²) in [5.74, 6) is -0.146. The molecule has 6 heteroatoms.